The van der Waals surface area contributed by atoms with Crippen molar-refractivity contribution >= 4 is 38.8 Å². The summed E-state index contributed by atoms with van der Waals surface area (Å²) in [5.74, 6) is -2.78. The molecule has 0 aromatic heterocycles. The van der Waals surface area contributed by atoms with Gasteiger partial charge in [0, 0.05) is 17.8 Å². The van der Waals surface area contributed by atoms with E-state index in [0.717, 1.165) is 0 Å². The van der Waals surface area contributed by atoms with Crippen molar-refractivity contribution in [2.45, 2.75) is 6.92 Å². The third-order valence-corrected chi connectivity index (χ3v) is 5.70. The molecule has 2 amide bonds. The Morgan fingerprint density at radius 1 is 1.10 bits per heavy atom. The summed E-state index contributed by atoms with van der Waals surface area (Å²) in [6, 6.07) is 12.9. The van der Waals surface area contributed by atoms with Gasteiger partial charge in [-0.2, -0.15) is 0 Å². The van der Waals surface area contributed by atoms with Crippen LogP contribution in [0.4, 0.5) is 11.4 Å². The van der Waals surface area contributed by atoms with E-state index < -0.39 is 33.0 Å². The molecule has 1 aliphatic rings. The number of benzene rings is 2. The van der Waals surface area contributed by atoms with Gasteiger partial charge in [-0.25, -0.2) is 8.42 Å². The second kappa shape index (κ2) is 8.44. The molecule has 1 aliphatic heterocycles. The van der Waals surface area contributed by atoms with Gasteiger partial charge < -0.3 is 15.0 Å². The lowest BCUT2D eigenvalue weighted by atomic mass is 10.1. The molecule has 9 heteroatoms. The SMILES string of the molecule is CCN1C(=O)COc2ccc(C(=O)CS(=O)(=O)CC(=O)Nc3ccccc3)cc21. The van der Waals surface area contributed by atoms with Gasteiger partial charge in [-0.05, 0) is 37.3 Å². The van der Waals surface area contributed by atoms with Crippen molar-refractivity contribution in [3.05, 3.63) is 54.1 Å². The number of para-hydroxylation sites is 1. The van der Waals surface area contributed by atoms with Crippen LogP contribution in [0.5, 0.6) is 5.75 Å². The van der Waals surface area contributed by atoms with Crippen molar-refractivity contribution in [3.63, 3.8) is 0 Å². The van der Waals surface area contributed by atoms with Gasteiger partial charge >= 0.3 is 0 Å². The monoisotopic (exact) mass is 416 g/mol. The fourth-order valence-corrected chi connectivity index (χ4v) is 4.11. The summed E-state index contributed by atoms with van der Waals surface area (Å²) < 4.78 is 29.9. The van der Waals surface area contributed by atoms with E-state index >= 15 is 0 Å². The van der Waals surface area contributed by atoms with Crippen LogP contribution in [0.15, 0.2) is 48.5 Å². The van der Waals surface area contributed by atoms with E-state index in [1.54, 1.807) is 37.3 Å². The molecule has 0 unspecified atom stereocenters. The summed E-state index contributed by atoms with van der Waals surface area (Å²) in [5, 5.41) is 2.48. The standard InChI is InChI=1S/C20H20N2O6S/c1-2-22-16-10-14(8-9-18(16)28-11-20(22)25)17(23)12-29(26,27)13-19(24)21-15-6-4-3-5-7-15/h3-10H,2,11-13H2,1H3,(H,21,24). The van der Waals surface area contributed by atoms with Gasteiger partial charge in [0.05, 0.1) is 5.69 Å². The molecule has 2 aromatic carbocycles. The average Bonchev–Trinajstić information content (AvgIpc) is 2.67. The first-order valence-electron chi connectivity index (χ1n) is 8.95. The van der Waals surface area contributed by atoms with Crippen LogP contribution in [0, 0.1) is 0 Å². The Hall–Kier alpha value is -3.20. The number of Topliss-reactive ketones (excluding diaryl/α,β-unsaturated/α-hetero) is 1. The number of amides is 2. The Bertz CT molecular complexity index is 1050. The predicted octanol–water partition coefficient (Wildman–Crippen LogP) is 1.67. The summed E-state index contributed by atoms with van der Waals surface area (Å²) in [7, 11) is -3.97. The Morgan fingerprint density at radius 2 is 1.83 bits per heavy atom. The first-order valence-corrected chi connectivity index (χ1v) is 10.8. The highest BCUT2D eigenvalue weighted by Crippen LogP contribution is 2.33. The largest absolute Gasteiger partial charge is 0.482 e. The number of likely N-dealkylation sites (N-methyl/N-ethyl adjacent to an activating group) is 1. The molecule has 0 saturated heterocycles. The Labute approximate surface area is 168 Å². The molecule has 8 nitrogen and oxygen atoms in total. The van der Waals surface area contributed by atoms with Crippen molar-refractivity contribution < 1.29 is 27.5 Å². The van der Waals surface area contributed by atoms with E-state index in [4.69, 9.17) is 4.74 Å². The van der Waals surface area contributed by atoms with Crippen molar-refractivity contribution in [1.29, 1.82) is 0 Å². The quantitative estimate of drug-likeness (QED) is 0.688. The molecule has 0 saturated carbocycles. The highest BCUT2D eigenvalue weighted by molar-refractivity contribution is 7.92. The number of hydrogen-bond acceptors (Lipinski definition) is 6. The molecule has 0 radical (unpaired) electrons. The van der Waals surface area contributed by atoms with E-state index in [9.17, 15) is 22.8 Å². The first kappa shape index (κ1) is 20.5. The molecule has 0 bridgehead atoms. The molecule has 1 N–H and O–H groups in total. The maximum absolute atomic E-state index is 12.5. The van der Waals surface area contributed by atoms with Crippen LogP contribution >= 0.6 is 0 Å². The Morgan fingerprint density at radius 3 is 2.52 bits per heavy atom. The van der Waals surface area contributed by atoms with Crippen molar-refractivity contribution in [2.75, 3.05) is 34.9 Å². The van der Waals surface area contributed by atoms with Crippen molar-refractivity contribution in [3.8, 4) is 5.75 Å². The number of fused-ring (bicyclic) bond motifs is 1. The van der Waals surface area contributed by atoms with Crippen LogP contribution in [0.1, 0.15) is 17.3 Å². The third kappa shape index (κ3) is 5.00. The number of ether oxygens (including phenoxy) is 1. The first-order chi connectivity index (χ1) is 13.8. The van der Waals surface area contributed by atoms with Crippen molar-refractivity contribution in [1.82, 2.24) is 0 Å². The number of carbonyl (C=O) groups excluding carboxylic acids is 3. The van der Waals surface area contributed by atoms with Gasteiger partial charge in [-0.1, -0.05) is 18.2 Å². The van der Waals surface area contributed by atoms with E-state index in [0.29, 0.717) is 23.7 Å². The fourth-order valence-electron chi connectivity index (χ4n) is 2.97. The number of nitrogens with zero attached hydrogens (tertiary/aromatic N) is 1. The smallest absolute Gasteiger partial charge is 0.265 e. The number of nitrogens with one attached hydrogen (secondary N) is 1. The summed E-state index contributed by atoms with van der Waals surface area (Å²) in [6.07, 6.45) is 0. The summed E-state index contributed by atoms with van der Waals surface area (Å²) in [6.45, 7) is 2.10. The maximum Gasteiger partial charge on any atom is 0.265 e. The molecule has 0 fully saturated rings. The number of rotatable bonds is 7. The van der Waals surface area contributed by atoms with Crippen LogP contribution in [-0.4, -0.2) is 50.7 Å². The van der Waals surface area contributed by atoms with Gasteiger partial charge in [0.25, 0.3) is 5.91 Å². The highest BCUT2D eigenvalue weighted by atomic mass is 32.2. The normalized spacial score (nSPS) is 13.4. The number of sulfone groups is 1. The molecule has 3 rings (SSSR count). The van der Waals surface area contributed by atoms with Crippen molar-refractivity contribution in [2.24, 2.45) is 0 Å². The third-order valence-electron chi connectivity index (χ3n) is 4.30. The van der Waals surface area contributed by atoms with Crippen LogP contribution in [0.3, 0.4) is 0 Å². The lowest BCUT2D eigenvalue weighted by molar-refractivity contribution is -0.121. The Kier molecular flexibility index (Phi) is 5.97. The fraction of sp³-hybridized carbons (Fsp3) is 0.250. The number of anilines is 2. The van der Waals surface area contributed by atoms with E-state index in [-0.39, 0.29) is 18.1 Å². The zero-order valence-corrected chi connectivity index (χ0v) is 16.6. The number of carbonyl (C=O) groups is 3. The predicted molar refractivity (Wildman–Crippen MR) is 108 cm³/mol. The molecular weight excluding hydrogens is 396 g/mol. The minimum Gasteiger partial charge on any atom is -0.482 e. The molecule has 152 valence electrons. The second-order valence-corrected chi connectivity index (χ2v) is 8.54. The zero-order chi connectivity index (χ0) is 21.0. The topological polar surface area (TPSA) is 110 Å². The average molecular weight is 416 g/mol. The van der Waals surface area contributed by atoms with E-state index in [1.165, 1.54) is 23.1 Å². The number of ketones is 1. The van der Waals surface area contributed by atoms with Gasteiger partial charge in [0.15, 0.2) is 22.2 Å². The van der Waals surface area contributed by atoms with Crippen LogP contribution in [-0.2, 0) is 19.4 Å². The number of hydrogen-bond donors (Lipinski definition) is 1. The van der Waals surface area contributed by atoms with E-state index in [2.05, 4.69) is 5.32 Å². The molecular formula is C20H20N2O6S. The second-order valence-electron chi connectivity index (χ2n) is 6.48. The van der Waals surface area contributed by atoms with Gasteiger partial charge in [-0.15, -0.1) is 0 Å². The lowest BCUT2D eigenvalue weighted by Gasteiger charge is -2.28. The molecule has 29 heavy (non-hydrogen) atoms. The zero-order valence-electron chi connectivity index (χ0n) is 15.8. The minimum absolute atomic E-state index is 0.0843. The van der Waals surface area contributed by atoms with Crippen LogP contribution in [0.2, 0.25) is 0 Å². The summed E-state index contributed by atoms with van der Waals surface area (Å²) >= 11 is 0. The van der Waals surface area contributed by atoms with Gasteiger partial charge in [0.2, 0.25) is 5.91 Å². The molecule has 0 spiro atoms. The molecule has 0 atom stereocenters. The van der Waals surface area contributed by atoms with Gasteiger partial charge in [0.1, 0.15) is 17.3 Å². The maximum atomic E-state index is 12.5. The highest BCUT2D eigenvalue weighted by Gasteiger charge is 2.27. The van der Waals surface area contributed by atoms with Crippen LogP contribution < -0.4 is 15.0 Å². The summed E-state index contributed by atoms with van der Waals surface area (Å²) in [4.78, 5) is 37.9. The van der Waals surface area contributed by atoms with E-state index in [1.807, 2.05) is 0 Å². The molecule has 2 aromatic rings. The minimum atomic E-state index is -3.97. The molecule has 0 aliphatic carbocycles. The Balaban J connectivity index is 1.70. The lowest BCUT2D eigenvalue weighted by Crippen LogP contribution is -2.38. The molecule has 1 heterocycles. The van der Waals surface area contributed by atoms with Crippen LogP contribution in [0.25, 0.3) is 0 Å². The van der Waals surface area contributed by atoms with Gasteiger partial charge in [-0.3, -0.25) is 14.4 Å². The summed E-state index contributed by atoms with van der Waals surface area (Å²) in [5.41, 5.74) is 1.03.